The molecule has 94 valence electrons. The molecule has 1 aromatic carbocycles. The number of hydrogen-bond acceptors (Lipinski definition) is 2. The number of benzene rings is 1. The molecule has 0 bridgehead atoms. The van der Waals surface area contributed by atoms with Crippen molar-refractivity contribution in [2.24, 2.45) is 7.05 Å². The highest BCUT2D eigenvalue weighted by Gasteiger charge is 2.14. The van der Waals surface area contributed by atoms with Crippen LogP contribution in [0.5, 0.6) is 0 Å². The van der Waals surface area contributed by atoms with E-state index < -0.39 is 0 Å². The molecule has 3 nitrogen and oxygen atoms in total. The van der Waals surface area contributed by atoms with E-state index in [1.807, 2.05) is 6.92 Å². The highest BCUT2D eigenvalue weighted by molar-refractivity contribution is 6.35. The van der Waals surface area contributed by atoms with Crippen LogP contribution >= 0.6 is 23.2 Å². The fourth-order valence-electron chi connectivity index (χ4n) is 1.80. The van der Waals surface area contributed by atoms with Crippen molar-refractivity contribution in [2.75, 3.05) is 0 Å². The van der Waals surface area contributed by atoms with E-state index in [2.05, 4.69) is 5.10 Å². The highest BCUT2D eigenvalue weighted by Crippen LogP contribution is 2.22. The van der Waals surface area contributed by atoms with Crippen LogP contribution in [0.4, 0.5) is 0 Å². The van der Waals surface area contributed by atoms with Gasteiger partial charge in [-0.15, -0.1) is 0 Å². The third-order valence-corrected chi connectivity index (χ3v) is 3.24. The summed E-state index contributed by atoms with van der Waals surface area (Å²) in [6, 6.07) is 6.91. The molecule has 5 heteroatoms. The van der Waals surface area contributed by atoms with Crippen molar-refractivity contribution in [2.45, 2.75) is 13.3 Å². The molecule has 0 aliphatic rings. The molecule has 0 aliphatic carbocycles. The van der Waals surface area contributed by atoms with E-state index in [9.17, 15) is 4.79 Å². The molecule has 0 N–H and O–H groups in total. The Hall–Kier alpha value is -1.32. The van der Waals surface area contributed by atoms with Crippen molar-refractivity contribution >= 4 is 29.0 Å². The Morgan fingerprint density at radius 3 is 2.61 bits per heavy atom. The lowest BCUT2D eigenvalue weighted by Gasteiger charge is -2.04. The number of aryl methyl sites for hydroxylation is 2. The minimum atomic E-state index is -0.0117. The molecular weight excluding hydrogens is 271 g/mol. The van der Waals surface area contributed by atoms with Gasteiger partial charge in [0, 0.05) is 23.5 Å². The second kappa shape index (κ2) is 5.12. The van der Waals surface area contributed by atoms with Crippen molar-refractivity contribution in [1.82, 2.24) is 9.78 Å². The summed E-state index contributed by atoms with van der Waals surface area (Å²) < 4.78 is 1.58. The first kappa shape index (κ1) is 13.1. The molecular formula is C13H12Cl2N2O. The van der Waals surface area contributed by atoms with Gasteiger partial charge >= 0.3 is 0 Å². The lowest BCUT2D eigenvalue weighted by Crippen LogP contribution is -2.09. The third-order valence-electron chi connectivity index (χ3n) is 2.65. The summed E-state index contributed by atoms with van der Waals surface area (Å²) in [6.07, 6.45) is 0.245. The number of rotatable bonds is 3. The largest absolute Gasteiger partial charge is 0.292 e. The minimum Gasteiger partial charge on any atom is -0.292 e. The summed E-state index contributed by atoms with van der Waals surface area (Å²) in [7, 11) is 1.75. The van der Waals surface area contributed by atoms with Gasteiger partial charge in [0.15, 0.2) is 5.78 Å². The molecule has 0 radical (unpaired) electrons. The van der Waals surface area contributed by atoms with Crippen LogP contribution in [0.2, 0.25) is 10.0 Å². The van der Waals surface area contributed by atoms with Crippen molar-refractivity contribution in [3.8, 4) is 0 Å². The maximum absolute atomic E-state index is 12.1. The predicted octanol–water partition coefficient (Wildman–Crippen LogP) is 3.46. The minimum absolute atomic E-state index is 0.0117. The van der Waals surface area contributed by atoms with Crippen LogP contribution in [0.1, 0.15) is 21.7 Å². The SMILES string of the molecule is Cc1cc(C(=O)Cc2ccc(Cl)cc2Cl)n(C)n1. The van der Waals surface area contributed by atoms with Crippen molar-refractivity contribution in [3.05, 3.63) is 51.3 Å². The number of Topliss-reactive ketones (excluding diaryl/α,β-unsaturated/α-hetero) is 1. The van der Waals surface area contributed by atoms with E-state index in [4.69, 9.17) is 23.2 Å². The van der Waals surface area contributed by atoms with E-state index >= 15 is 0 Å². The summed E-state index contributed by atoms with van der Waals surface area (Å²) in [6.45, 7) is 1.85. The van der Waals surface area contributed by atoms with Gasteiger partial charge in [-0.05, 0) is 30.7 Å². The highest BCUT2D eigenvalue weighted by atomic mass is 35.5. The Kier molecular flexibility index (Phi) is 3.73. The van der Waals surface area contributed by atoms with Crippen LogP contribution < -0.4 is 0 Å². The van der Waals surface area contributed by atoms with Gasteiger partial charge in [-0.25, -0.2) is 0 Å². The number of carbonyl (C=O) groups is 1. The maximum Gasteiger partial charge on any atom is 0.185 e. The topological polar surface area (TPSA) is 34.9 Å². The average Bonchev–Trinajstić information content (AvgIpc) is 2.62. The Labute approximate surface area is 115 Å². The van der Waals surface area contributed by atoms with Crippen LogP contribution in [0.25, 0.3) is 0 Å². The smallest absolute Gasteiger partial charge is 0.185 e. The first-order valence-electron chi connectivity index (χ1n) is 5.45. The molecule has 0 unspecified atom stereocenters. The Bertz CT molecular complexity index is 605. The lowest BCUT2D eigenvalue weighted by molar-refractivity contribution is 0.0984. The third kappa shape index (κ3) is 2.74. The van der Waals surface area contributed by atoms with Crippen LogP contribution in [-0.4, -0.2) is 15.6 Å². The van der Waals surface area contributed by atoms with E-state index in [0.29, 0.717) is 15.7 Å². The van der Waals surface area contributed by atoms with E-state index in [0.717, 1.165) is 11.3 Å². The average molecular weight is 283 g/mol. The van der Waals surface area contributed by atoms with E-state index in [1.54, 1.807) is 36.0 Å². The molecule has 0 amide bonds. The molecule has 2 rings (SSSR count). The van der Waals surface area contributed by atoms with Gasteiger partial charge in [0.25, 0.3) is 0 Å². The summed E-state index contributed by atoms with van der Waals surface area (Å²) in [5.74, 6) is -0.0117. The van der Waals surface area contributed by atoms with E-state index in [1.165, 1.54) is 0 Å². The van der Waals surface area contributed by atoms with Gasteiger partial charge in [0.2, 0.25) is 0 Å². The first-order valence-corrected chi connectivity index (χ1v) is 6.20. The molecule has 1 heterocycles. The number of halogens is 2. The fraction of sp³-hybridized carbons (Fsp3) is 0.231. The quantitative estimate of drug-likeness (QED) is 0.808. The van der Waals surface area contributed by atoms with E-state index in [-0.39, 0.29) is 12.2 Å². The molecule has 0 saturated carbocycles. The number of hydrogen-bond donors (Lipinski definition) is 0. The molecule has 0 saturated heterocycles. The zero-order valence-electron chi connectivity index (χ0n) is 10.1. The second-order valence-electron chi connectivity index (χ2n) is 4.13. The molecule has 0 spiro atoms. The second-order valence-corrected chi connectivity index (χ2v) is 4.97. The number of nitrogens with zero attached hydrogens (tertiary/aromatic N) is 2. The number of aromatic nitrogens is 2. The van der Waals surface area contributed by atoms with Gasteiger partial charge in [0.05, 0.1) is 5.69 Å². The van der Waals surface area contributed by atoms with Gasteiger partial charge < -0.3 is 0 Å². The summed E-state index contributed by atoms with van der Waals surface area (Å²) in [5.41, 5.74) is 2.17. The monoisotopic (exact) mass is 282 g/mol. The Balaban J connectivity index is 2.24. The number of ketones is 1. The van der Waals surface area contributed by atoms with Crippen LogP contribution in [-0.2, 0) is 13.5 Å². The first-order chi connectivity index (χ1) is 8.47. The summed E-state index contributed by atoms with van der Waals surface area (Å²) >= 11 is 11.9. The standard InChI is InChI=1S/C13H12Cl2N2O/c1-8-5-12(17(2)16-8)13(18)6-9-3-4-10(14)7-11(9)15/h3-5,7H,6H2,1-2H3. The Morgan fingerprint density at radius 1 is 1.33 bits per heavy atom. The van der Waals surface area contributed by atoms with Crippen molar-refractivity contribution < 1.29 is 4.79 Å². The molecule has 18 heavy (non-hydrogen) atoms. The molecule has 2 aromatic rings. The Morgan fingerprint density at radius 2 is 2.06 bits per heavy atom. The van der Waals surface area contributed by atoms with Crippen LogP contribution in [0.3, 0.4) is 0 Å². The summed E-state index contributed by atoms with van der Waals surface area (Å²) in [4.78, 5) is 12.1. The van der Waals surface area contributed by atoms with Gasteiger partial charge in [-0.2, -0.15) is 5.10 Å². The molecule has 0 fully saturated rings. The molecule has 0 atom stereocenters. The zero-order valence-corrected chi connectivity index (χ0v) is 11.6. The maximum atomic E-state index is 12.1. The fourth-order valence-corrected chi connectivity index (χ4v) is 2.28. The van der Waals surface area contributed by atoms with Crippen molar-refractivity contribution in [1.29, 1.82) is 0 Å². The van der Waals surface area contributed by atoms with Crippen LogP contribution in [0, 0.1) is 6.92 Å². The normalized spacial score (nSPS) is 10.7. The van der Waals surface area contributed by atoms with Gasteiger partial charge in [0.1, 0.15) is 5.69 Å². The predicted molar refractivity (Wildman–Crippen MR) is 72.4 cm³/mol. The number of carbonyl (C=O) groups excluding carboxylic acids is 1. The summed E-state index contributed by atoms with van der Waals surface area (Å²) in [5, 5.41) is 5.22. The zero-order chi connectivity index (χ0) is 13.3. The molecule has 1 aromatic heterocycles. The van der Waals surface area contributed by atoms with Gasteiger partial charge in [-0.3, -0.25) is 9.48 Å². The van der Waals surface area contributed by atoms with Gasteiger partial charge in [-0.1, -0.05) is 29.3 Å². The lowest BCUT2D eigenvalue weighted by atomic mass is 10.1. The molecule has 0 aliphatic heterocycles. The van der Waals surface area contributed by atoms with Crippen LogP contribution in [0.15, 0.2) is 24.3 Å². The van der Waals surface area contributed by atoms with Crippen molar-refractivity contribution in [3.63, 3.8) is 0 Å².